The quantitative estimate of drug-likeness (QED) is 0.430. The zero-order chi connectivity index (χ0) is 12.9. The summed E-state index contributed by atoms with van der Waals surface area (Å²) >= 11 is 0. The van der Waals surface area contributed by atoms with Gasteiger partial charge >= 0.3 is 5.97 Å². The number of hydrogen-bond donors (Lipinski definition) is 2. The van der Waals surface area contributed by atoms with Gasteiger partial charge in [-0.15, -0.1) is 0 Å². The van der Waals surface area contributed by atoms with E-state index in [0.29, 0.717) is 0 Å². The van der Waals surface area contributed by atoms with Gasteiger partial charge in [-0.25, -0.2) is 0 Å². The summed E-state index contributed by atoms with van der Waals surface area (Å²) in [4.78, 5) is 10.3. The first-order valence-electron chi connectivity index (χ1n) is 6.73. The molecule has 100 valence electrons. The third-order valence-electron chi connectivity index (χ3n) is 2.72. The van der Waals surface area contributed by atoms with Gasteiger partial charge in [0.25, 0.3) is 0 Å². The number of aliphatic hydroxyl groups is 1. The first-order chi connectivity index (χ1) is 8.16. The Balaban J connectivity index is 3.26. The Kier molecular flexibility index (Phi) is 11.1. The van der Waals surface area contributed by atoms with Gasteiger partial charge in [0.05, 0.1) is 12.5 Å². The van der Waals surface area contributed by atoms with Crippen LogP contribution in [0.4, 0.5) is 0 Å². The lowest BCUT2D eigenvalue weighted by molar-refractivity contribution is -0.138. The van der Waals surface area contributed by atoms with Gasteiger partial charge in [-0.05, 0) is 12.8 Å². The molecule has 3 nitrogen and oxygen atoms in total. The van der Waals surface area contributed by atoms with Crippen molar-refractivity contribution in [3.05, 3.63) is 12.2 Å². The molecule has 1 unspecified atom stereocenters. The van der Waals surface area contributed by atoms with Crippen molar-refractivity contribution in [2.24, 2.45) is 0 Å². The van der Waals surface area contributed by atoms with E-state index in [1.165, 1.54) is 38.5 Å². The highest BCUT2D eigenvalue weighted by Crippen LogP contribution is 2.08. The average molecular weight is 242 g/mol. The van der Waals surface area contributed by atoms with E-state index in [1.807, 2.05) is 6.08 Å². The van der Waals surface area contributed by atoms with Gasteiger partial charge in [0, 0.05) is 0 Å². The van der Waals surface area contributed by atoms with Crippen LogP contribution in [-0.2, 0) is 4.79 Å². The van der Waals surface area contributed by atoms with Crippen LogP contribution in [0.25, 0.3) is 0 Å². The van der Waals surface area contributed by atoms with Gasteiger partial charge in [0.1, 0.15) is 0 Å². The molecule has 0 heterocycles. The Morgan fingerprint density at radius 3 is 2.29 bits per heavy atom. The summed E-state index contributed by atoms with van der Waals surface area (Å²) in [5.41, 5.74) is 0. The van der Waals surface area contributed by atoms with Crippen molar-refractivity contribution >= 4 is 5.97 Å². The maximum absolute atomic E-state index is 10.3. The molecule has 0 radical (unpaired) electrons. The van der Waals surface area contributed by atoms with Crippen molar-refractivity contribution in [1.82, 2.24) is 0 Å². The average Bonchev–Trinajstić information content (AvgIpc) is 2.26. The molecule has 0 aliphatic rings. The van der Waals surface area contributed by atoms with Gasteiger partial charge in [0.2, 0.25) is 0 Å². The summed E-state index contributed by atoms with van der Waals surface area (Å²) in [7, 11) is 0. The molecule has 0 amide bonds. The van der Waals surface area contributed by atoms with E-state index in [0.717, 1.165) is 12.8 Å². The number of unbranched alkanes of at least 4 members (excludes halogenated alkanes) is 7. The fourth-order valence-electron chi connectivity index (χ4n) is 1.72. The zero-order valence-electron chi connectivity index (χ0n) is 10.9. The minimum Gasteiger partial charge on any atom is -0.481 e. The number of aliphatic carboxylic acids is 1. The van der Waals surface area contributed by atoms with E-state index in [-0.39, 0.29) is 6.42 Å². The van der Waals surface area contributed by atoms with Crippen LogP contribution in [0.1, 0.15) is 64.7 Å². The second-order valence-electron chi connectivity index (χ2n) is 4.50. The number of rotatable bonds is 11. The summed E-state index contributed by atoms with van der Waals surface area (Å²) in [5.74, 6) is -0.960. The number of carboxylic acid groups (broad SMARTS) is 1. The molecule has 17 heavy (non-hydrogen) atoms. The SMILES string of the molecule is CCCCCCCCC/C=C/C(O)CC(=O)O. The molecule has 0 rings (SSSR count). The van der Waals surface area contributed by atoms with Crippen molar-refractivity contribution in [3.63, 3.8) is 0 Å². The van der Waals surface area contributed by atoms with Crippen LogP contribution in [0.5, 0.6) is 0 Å². The van der Waals surface area contributed by atoms with Crippen LogP contribution in [0.2, 0.25) is 0 Å². The van der Waals surface area contributed by atoms with Crippen molar-refractivity contribution in [3.8, 4) is 0 Å². The van der Waals surface area contributed by atoms with E-state index < -0.39 is 12.1 Å². The number of aliphatic hydroxyl groups excluding tert-OH is 1. The first-order valence-corrected chi connectivity index (χ1v) is 6.73. The number of carboxylic acids is 1. The highest BCUT2D eigenvalue weighted by Gasteiger charge is 2.04. The van der Waals surface area contributed by atoms with Crippen LogP contribution in [0.15, 0.2) is 12.2 Å². The highest BCUT2D eigenvalue weighted by atomic mass is 16.4. The molecule has 2 N–H and O–H groups in total. The van der Waals surface area contributed by atoms with Crippen molar-refractivity contribution in [2.45, 2.75) is 70.8 Å². The fraction of sp³-hybridized carbons (Fsp3) is 0.786. The zero-order valence-corrected chi connectivity index (χ0v) is 10.9. The maximum Gasteiger partial charge on any atom is 0.306 e. The second-order valence-corrected chi connectivity index (χ2v) is 4.50. The third kappa shape index (κ3) is 13.1. The van der Waals surface area contributed by atoms with Gasteiger partial charge in [-0.3, -0.25) is 4.79 Å². The minimum atomic E-state index is -0.960. The number of hydrogen-bond acceptors (Lipinski definition) is 2. The first kappa shape index (κ1) is 16.2. The molecular formula is C14H26O3. The molecule has 0 aliphatic carbocycles. The molecule has 3 heteroatoms. The van der Waals surface area contributed by atoms with Gasteiger partial charge in [-0.1, -0.05) is 57.6 Å². The molecule has 0 aromatic rings. The molecule has 0 saturated carbocycles. The fourth-order valence-corrected chi connectivity index (χ4v) is 1.72. The molecular weight excluding hydrogens is 216 g/mol. The monoisotopic (exact) mass is 242 g/mol. The van der Waals surface area contributed by atoms with Crippen LogP contribution in [-0.4, -0.2) is 22.3 Å². The Hall–Kier alpha value is -0.830. The summed E-state index contributed by atoms with van der Waals surface area (Å²) < 4.78 is 0. The summed E-state index contributed by atoms with van der Waals surface area (Å²) in [6.07, 6.45) is 12.3. The molecule has 0 aromatic heterocycles. The van der Waals surface area contributed by atoms with Crippen LogP contribution in [0, 0.1) is 0 Å². The number of carbonyl (C=O) groups is 1. The molecule has 0 saturated heterocycles. The largest absolute Gasteiger partial charge is 0.481 e. The van der Waals surface area contributed by atoms with Crippen molar-refractivity contribution in [2.75, 3.05) is 0 Å². The minimum absolute atomic E-state index is 0.201. The van der Waals surface area contributed by atoms with E-state index in [1.54, 1.807) is 6.08 Å². The van der Waals surface area contributed by atoms with E-state index in [9.17, 15) is 9.90 Å². The predicted octanol–water partition coefficient (Wildman–Crippen LogP) is 3.52. The molecule has 0 spiro atoms. The predicted molar refractivity (Wildman–Crippen MR) is 70.0 cm³/mol. The Labute approximate surface area is 105 Å². The van der Waals surface area contributed by atoms with Crippen LogP contribution >= 0.6 is 0 Å². The van der Waals surface area contributed by atoms with E-state index in [2.05, 4.69) is 6.92 Å². The van der Waals surface area contributed by atoms with Crippen LogP contribution < -0.4 is 0 Å². The smallest absolute Gasteiger partial charge is 0.306 e. The highest BCUT2D eigenvalue weighted by molar-refractivity contribution is 5.67. The van der Waals surface area contributed by atoms with Crippen molar-refractivity contribution in [1.29, 1.82) is 0 Å². The Bertz CT molecular complexity index is 212. The normalized spacial score (nSPS) is 13.1. The van der Waals surface area contributed by atoms with Crippen LogP contribution in [0.3, 0.4) is 0 Å². The van der Waals surface area contributed by atoms with E-state index >= 15 is 0 Å². The Morgan fingerprint density at radius 1 is 1.12 bits per heavy atom. The topological polar surface area (TPSA) is 57.5 Å². The molecule has 0 aromatic carbocycles. The summed E-state index contributed by atoms with van der Waals surface area (Å²) in [5, 5.41) is 17.7. The Morgan fingerprint density at radius 2 is 1.71 bits per heavy atom. The lowest BCUT2D eigenvalue weighted by Gasteiger charge is -2.01. The lowest BCUT2D eigenvalue weighted by atomic mass is 10.1. The molecule has 0 bridgehead atoms. The van der Waals surface area contributed by atoms with Gasteiger partial charge in [-0.2, -0.15) is 0 Å². The standard InChI is InChI=1S/C14H26O3/c1-2-3-4-5-6-7-8-9-10-11-13(15)12-14(16)17/h10-11,13,15H,2-9,12H2,1H3,(H,16,17)/b11-10+. The van der Waals surface area contributed by atoms with Gasteiger partial charge in [0.15, 0.2) is 0 Å². The molecule has 0 fully saturated rings. The summed E-state index contributed by atoms with van der Waals surface area (Å²) in [6, 6.07) is 0. The lowest BCUT2D eigenvalue weighted by Crippen LogP contribution is -2.09. The van der Waals surface area contributed by atoms with Gasteiger partial charge < -0.3 is 10.2 Å². The summed E-state index contributed by atoms with van der Waals surface area (Å²) in [6.45, 7) is 2.22. The van der Waals surface area contributed by atoms with E-state index in [4.69, 9.17) is 5.11 Å². The number of allylic oxidation sites excluding steroid dienone is 1. The maximum atomic E-state index is 10.3. The molecule has 0 aliphatic heterocycles. The third-order valence-corrected chi connectivity index (χ3v) is 2.72. The molecule has 1 atom stereocenters. The second kappa shape index (κ2) is 11.6. The van der Waals surface area contributed by atoms with Crippen molar-refractivity contribution < 1.29 is 15.0 Å².